The largest absolute Gasteiger partial charge is 0.304 e. The Bertz CT molecular complexity index is 484. The van der Waals surface area contributed by atoms with Gasteiger partial charge in [0.05, 0.1) is 6.04 Å². The van der Waals surface area contributed by atoms with E-state index in [9.17, 15) is 0 Å². The fourth-order valence-corrected chi connectivity index (χ4v) is 2.17. The molecule has 0 radical (unpaired) electrons. The van der Waals surface area contributed by atoms with E-state index in [4.69, 9.17) is 23.2 Å². The number of hydrogen-bond donors (Lipinski definition) is 2. The predicted molar refractivity (Wildman–Crippen MR) is 68.4 cm³/mol. The molecule has 17 heavy (non-hydrogen) atoms. The Labute approximate surface area is 109 Å². The summed E-state index contributed by atoms with van der Waals surface area (Å²) in [6.07, 6.45) is 1.48. The Morgan fingerprint density at radius 3 is 2.82 bits per heavy atom. The Balaban J connectivity index is 2.39. The van der Waals surface area contributed by atoms with Crippen molar-refractivity contribution in [2.45, 2.75) is 13.0 Å². The van der Waals surface area contributed by atoms with Gasteiger partial charge >= 0.3 is 0 Å². The number of hydrogen-bond acceptors (Lipinski definition) is 3. The molecule has 2 rings (SSSR count). The summed E-state index contributed by atoms with van der Waals surface area (Å²) in [4.78, 5) is 4.15. The maximum atomic E-state index is 6.19. The van der Waals surface area contributed by atoms with E-state index in [1.807, 2.05) is 19.1 Å². The van der Waals surface area contributed by atoms with Crippen molar-refractivity contribution in [3.05, 3.63) is 46.0 Å². The molecule has 0 aliphatic heterocycles. The van der Waals surface area contributed by atoms with Crippen LogP contribution in [0.2, 0.25) is 10.0 Å². The molecule has 0 aliphatic rings. The van der Waals surface area contributed by atoms with E-state index < -0.39 is 0 Å². The van der Waals surface area contributed by atoms with Crippen molar-refractivity contribution in [1.29, 1.82) is 0 Å². The molecule has 0 saturated carbocycles. The second-order valence-corrected chi connectivity index (χ2v) is 4.37. The van der Waals surface area contributed by atoms with Crippen LogP contribution >= 0.6 is 23.2 Å². The lowest BCUT2D eigenvalue weighted by atomic mass is 10.1. The van der Waals surface area contributed by atoms with Gasteiger partial charge in [-0.1, -0.05) is 36.2 Å². The van der Waals surface area contributed by atoms with E-state index in [-0.39, 0.29) is 6.04 Å². The van der Waals surface area contributed by atoms with Crippen molar-refractivity contribution in [3.63, 3.8) is 0 Å². The fourth-order valence-electron chi connectivity index (χ4n) is 1.65. The van der Waals surface area contributed by atoms with Crippen LogP contribution in [0.4, 0.5) is 0 Å². The summed E-state index contributed by atoms with van der Waals surface area (Å²) in [6.45, 7) is 2.82. The van der Waals surface area contributed by atoms with Gasteiger partial charge in [-0.05, 0) is 24.2 Å². The van der Waals surface area contributed by atoms with E-state index in [0.29, 0.717) is 10.0 Å². The SMILES string of the molecule is CCNC(c1ncn[nH]1)c1ccc(Cl)cc1Cl. The van der Waals surface area contributed by atoms with Gasteiger partial charge in [0.2, 0.25) is 0 Å². The monoisotopic (exact) mass is 270 g/mol. The molecular weight excluding hydrogens is 259 g/mol. The van der Waals surface area contributed by atoms with E-state index in [0.717, 1.165) is 17.9 Å². The number of aromatic amines is 1. The normalized spacial score (nSPS) is 12.6. The lowest BCUT2D eigenvalue weighted by Gasteiger charge is -2.17. The lowest BCUT2D eigenvalue weighted by molar-refractivity contribution is 0.600. The molecule has 2 N–H and O–H groups in total. The Kier molecular flexibility index (Phi) is 3.99. The molecule has 90 valence electrons. The molecule has 0 fully saturated rings. The summed E-state index contributed by atoms with van der Waals surface area (Å²) >= 11 is 12.1. The second kappa shape index (κ2) is 5.49. The third kappa shape index (κ3) is 2.77. The van der Waals surface area contributed by atoms with Gasteiger partial charge in [0.1, 0.15) is 12.2 Å². The highest BCUT2D eigenvalue weighted by Crippen LogP contribution is 2.28. The van der Waals surface area contributed by atoms with Crippen LogP contribution in [0, 0.1) is 0 Å². The fraction of sp³-hybridized carbons (Fsp3) is 0.273. The van der Waals surface area contributed by atoms with Crippen LogP contribution in [-0.4, -0.2) is 21.7 Å². The summed E-state index contributed by atoms with van der Waals surface area (Å²) in [7, 11) is 0. The van der Waals surface area contributed by atoms with E-state index >= 15 is 0 Å². The van der Waals surface area contributed by atoms with Crippen molar-refractivity contribution < 1.29 is 0 Å². The predicted octanol–water partition coefficient (Wildman–Crippen LogP) is 2.81. The summed E-state index contributed by atoms with van der Waals surface area (Å²) in [5.74, 6) is 0.732. The van der Waals surface area contributed by atoms with Crippen molar-refractivity contribution in [3.8, 4) is 0 Å². The first kappa shape index (κ1) is 12.4. The smallest absolute Gasteiger partial charge is 0.146 e. The third-order valence-corrected chi connectivity index (χ3v) is 2.95. The number of benzene rings is 1. The van der Waals surface area contributed by atoms with Gasteiger partial charge in [-0.25, -0.2) is 4.98 Å². The maximum absolute atomic E-state index is 6.19. The van der Waals surface area contributed by atoms with E-state index in [2.05, 4.69) is 20.5 Å². The van der Waals surface area contributed by atoms with E-state index in [1.54, 1.807) is 6.07 Å². The van der Waals surface area contributed by atoms with Gasteiger partial charge in [0.15, 0.2) is 0 Å². The molecule has 1 aromatic heterocycles. The first-order valence-corrected chi connectivity index (χ1v) is 6.01. The molecule has 2 aromatic rings. The molecule has 0 spiro atoms. The Morgan fingerprint density at radius 2 is 2.24 bits per heavy atom. The maximum Gasteiger partial charge on any atom is 0.146 e. The summed E-state index contributed by atoms with van der Waals surface area (Å²) < 4.78 is 0. The van der Waals surface area contributed by atoms with Gasteiger partial charge in [-0.15, -0.1) is 0 Å². The number of aromatic nitrogens is 3. The summed E-state index contributed by atoms with van der Waals surface area (Å²) in [6, 6.07) is 5.32. The quantitative estimate of drug-likeness (QED) is 0.899. The number of halogens is 2. The molecule has 1 heterocycles. The van der Waals surface area contributed by atoms with Crippen LogP contribution in [0.1, 0.15) is 24.4 Å². The van der Waals surface area contributed by atoms with Crippen LogP contribution in [0.25, 0.3) is 0 Å². The summed E-state index contributed by atoms with van der Waals surface area (Å²) in [5.41, 5.74) is 0.926. The van der Waals surface area contributed by atoms with Gasteiger partial charge in [0.25, 0.3) is 0 Å². The van der Waals surface area contributed by atoms with Crippen LogP contribution in [-0.2, 0) is 0 Å². The van der Waals surface area contributed by atoms with Gasteiger partial charge in [0, 0.05) is 10.0 Å². The number of H-pyrrole nitrogens is 1. The average Bonchev–Trinajstić information content (AvgIpc) is 2.80. The zero-order valence-corrected chi connectivity index (χ0v) is 10.8. The van der Waals surface area contributed by atoms with Gasteiger partial charge < -0.3 is 5.32 Å². The van der Waals surface area contributed by atoms with Crippen molar-refractivity contribution in [1.82, 2.24) is 20.5 Å². The molecule has 1 atom stereocenters. The number of nitrogens with one attached hydrogen (secondary N) is 2. The number of nitrogens with zero attached hydrogens (tertiary/aromatic N) is 2. The molecule has 0 bridgehead atoms. The molecule has 4 nitrogen and oxygen atoms in total. The van der Waals surface area contributed by atoms with Crippen molar-refractivity contribution in [2.75, 3.05) is 6.54 Å². The first-order chi connectivity index (χ1) is 8.22. The van der Waals surface area contributed by atoms with E-state index in [1.165, 1.54) is 6.33 Å². The zero-order chi connectivity index (χ0) is 12.3. The van der Waals surface area contributed by atoms with Crippen LogP contribution in [0.3, 0.4) is 0 Å². The minimum absolute atomic E-state index is 0.104. The third-order valence-electron chi connectivity index (χ3n) is 2.39. The van der Waals surface area contributed by atoms with Crippen LogP contribution in [0.15, 0.2) is 24.5 Å². The highest BCUT2D eigenvalue weighted by Gasteiger charge is 2.18. The molecular formula is C11H12Cl2N4. The van der Waals surface area contributed by atoms with Crippen LogP contribution < -0.4 is 5.32 Å². The zero-order valence-electron chi connectivity index (χ0n) is 9.24. The first-order valence-electron chi connectivity index (χ1n) is 5.26. The summed E-state index contributed by atoms with van der Waals surface area (Å²) in [5, 5.41) is 11.2. The van der Waals surface area contributed by atoms with Crippen molar-refractivity contribution >= 4 is 23.2 Å². The molecule has 0 aliphatic carbocycles. The molecule has 1 unspecified atom stereocenters. The minimum Gasteiger partial charge on any atom is -0.304 e. The average molecular weight is 271 g/mol. The Morgan fingerprint density at radius 1 is 1.41 bits per heavy atom. The van der Waals surface area contributed by atoms with Gasteiger partial charge in [-0.3, -0.25) is 5.10 Å². The van der Waals surface area contributed by atoms with Gasteiger partial charge in [-0.2, -0.15) is 5.10 Å². The standard InChI is InChI=1S/C11H12Cl2N4/c1-2-14-10(11-15-6-16-17-11)8-4-3-7(12)5-9(8)13/h3-6,10,14H,2H2,1H3,(H,15,16,17). The molecule has 6 heteroatoms. The molecule has 1 aromatic carbocycles. The highest BCUT2D eigenvalue weighted by molar-refractivity contribution is 6.35. The van der Waals surface area contributed by atoms with Crippen LogP contribution in [0.5, 0.6) is 0 Å². The highest BCUT2D eigenvalue weighted by atomic mass is 35.5. The molecule has 0 saturated heterocycles. The second-order valence-electron chi connectivity index (χ2n) is 3.53. The topological polar surface area (TPSA) is 53.6 Å². The van der Waals surface area contributed by atoms with Crippen molar-refractivity contribution in [2.24, 2.45) is 0 Å². The number of rotatable bonds is 4. The lowest BCUT2D eigenvalue weighted by Crippen LogP contribution is -2.23. The minimum atomic E-state index is -0.104. The molecule has 0 amide bonds. The Hall–Kier alpha value is -1.10.